The maximum Gasteiger partial charge on any atom is 0.207 e. The van der Waals surface area contributed by atoms with Crippen LogP contribution >= 0.6 is 0 Å². The first-order chi connectivity index (χ1) is 13.4. The second-order valence-corrected chi connectivity index (χ2v) is 6.41. The Morgan fingerprint density at radius 1 is 1.11 bits per heavy atom. The number of hydrogen-bond acceptors (Lipinski definition) is 5. The molecule has 2 aromatic carbocycles. The topological polar surface area (TPSA) is 68.3 Å². The van der Waals surface area contributed by atoms with Crippen LogP contribution in [-0.4, -0.2) is 35.6 Å². The first-order valence-electron chi connectivity index (χ1n) is 9.37. The van der Waals surface area contributed by atoms with Gasteiger partial charge in [0.1, 0.15) is 0 Å². The van der Waals surface area contributed by atoms with Crippen molar-refractivity contribution < 1.29 is 0 Å². The molecular formula is C21H24N6. The largest absolute Gasteiger partial charge is 0.354 e. The molecule has 3 N–H and O–H groups in total. The molecule has 1 aliphatic rings. The average molecular weight is 360 g/mol. The number of hydrogen-bond donors (Lipinski definition) is 3. The fourth-order valence-electron chi connectivity index (χ4n) is 3.36. The molecule has 0 unspecified atom stereocenters. The summed E-state index contributed by atoms with van der Waals surface area (Å²) >= 11 is 0. The SMILES string of the molecule is CCCN(c1ncc[nH]1)c1cccc(NC2=NCCN2)c1-c1ccccc1. The Labute approximate surface area is 159 Å². The quantitative estimate of drug-likeness (QED) is 0.622. The van der Waals surface area contributed by atoms with E-state index < -0.39 is 0 Å². The summed E-state index contributed by atoms with van der Waals surface area (Å²) in [7, 11) is 0. The number of aromatic amines is 1. The monoisotopic (exact) mass is 360 g/mol. The highest BCUT2D eigenvalue weighted by molar-refractivity contribution is 6.01. The molecule has 0 radical (unpaired) electrons. The highest BCUT2D eigenvalue weighted by Crippen LogP contribution is 2.39. The Morgan fingerprint density at radius 2 is 2.00 bits per heavy atom. The molecule has 3 aromatic rings. The van der Waals surface area contributed by atoms with Crippen LogP contribution < -0.4 is 15.5 Å². The van der Waals surface area contributed by atoms with Crippen molar-refractivity contribution in [2.45, 2.75) is 13.3 Å². The molecular weight excluding hydrogens is 336 g/mol. The van der Waals surface area contributed by atoms with Gasteiger partial charge in [0.25, 0.3) is 0 Å². The zero-order valence-electron chi connectivity index (χ0n) is 15.4. The van der Waals surface area contributed by atoms with E-state index in [1.807, 2.05) is 12.3 Å². The predicted octanol–water partition coefficient (Wildman–Crippen LogP) is 4.00. The Kier molecular flexibility index (Phi) is 5.05. The van der Waals surface area contributed by atoms with Gasteiger partial charge in [0.15, 0.2) is 5.96 Å². The van der Waals surface area contributed by atoms with Gasteiger partial charge in [-0.05, 0) is 24.1 Å². The van der Waals surface area contributed by atoms with E-state index in [2.05, 4.69) is 79.9 Å². The van der Waals surface area contributed by atoms with Crippen LogP contribution in [0.2, 0.25) is 0 Å². The lowest BCUT2D eigenvalue weighted by Gasteiger charge is -2.26. The van der Waals surface area contributed by atoms with E-state index in [4.69, 9.17) is 0 Å². The third-order valence-electron chi connectivity index (χ3n) is 4.51. The molecule has 0 amide bonds. The summed E-state index contributed by atoms with van der Waals surface area (Å²) in [5.74, 6) is 1.67. The second kappa shape index (κ2) is 7.95. The van der Waals surface area contributed by atoms with E-state index in [0.29, 0.717) is 0 Å². The third-order valence-corrected chi connectivity index (χ3v) is 4.51. The molecule has 27 heavy (non-hydrogen) atoms. The molecule has 0 spiro atoms. The van der Waals surface area contributed by atoms with Crippen molar-refractivity contribution in [3.8, 4) is 11.1 Å². The molecule has 1 aromatic heterocycles. The Hall–Kier alpha value is -3.28. The highest BCUT2D eigenvalue weighted by Gasteiger charge is 2.19. The molecule has 4 rings (SSSR count). The van der Waals surface area contributed by atoms with E-state index in [1.54, 1.807) is 6.20 Å². The lowest BCUT2D eigenvalue weighted by atomic mass is 10.0. The number of guanidine groups is 1. The van der Waals surface area contributed by atoms with Gasteiger partial charge in [-0.25, -0.2) is 4.98 Å². The normalized spacial score (nSPS) is 13.1. The van der Waals surface area contributed by atoms with Gasteiger partial charge in [0.2, 0.25) is 5.95 Å². The van der Waals surface area contributed by atoms with Crippen LogP contribution in [0.5, 0.6) is 0 Å². The highest BCUT2D eigenvalue weighted by atomic mass is 15.3. The minimum absolute atomic E-state index is 0.803. The molecule has 0 bridgehead atoms. The standard InChI is InChI=1S/C21H24N6/c1-2-15-27(21-24-13-14-25-21)18-10-6-9-17(26-20-22-11-12-23-20)19(18)16-7-4-3-5-8-16/h3-10,13-14H,2,11-12,15H2,1H3,(H,24,25)(H2,22,23,26). The molecule has 138 valence electrons. The van der Waals surface area contributed by atoms with E-state index in [0.717, 1.165) is 60.5 Å². The number of anilines is 3. The third kappa shape index (κ3) is 3.65. The number of benzene rings is 2. The first-order valence-corrected chi connectivity index (χ1v) is 9.37. The van der Waals surface area contributed by atoms with Crippen LogP contribution in [-0.2, 0) is 0 Å². The Morgan fingerprint density at radius 3 is 2.70 bits per heavy atom. The van der Waals surface area contributed by atoms with Crippen molar-refractivity contribution in [2.24, 2.45) is 4.99 Å². The van der Waals surface area contributed by atoms with Crippen molar-refractivity contribution >= 4 is 23.3 Å². The average Bonchev–Trinajstić information content (AvgIpc) is 3.41. The number of imidazole rings is 1. The number of aliphatic imine (C=N–C) groups is 1. The summed E-state index contributed by atoms with van der Waals surface area (Å²) in [5.41, 5.74) is 4.43. The molecule has 0 fully saturated rings. The minimum Gasteiger partial charge on any atom is -0.354 e. The van der Waals surface area contributed by atoms with Gasteiger partial charge in [0, 0.05) is 31.0 Å². The van der Waals surface area contributed by atoms with Gasteiger partial charge >= 0.3 is 0 Å². The molecule has 0 saturated carbocycles. The maximum atomic E-state index is 4.49. The van der Waals surface area contributed by atoms with E-state index in [-0.39, 0.29) is 0 Å². The van der Waals surface area contributed by atoms with E-state index in [9.17, 15) is 0 Å². The van der Waals surface area contributed by atoms with E-state index in [1.165, 1.54) is 0 Å². The fourth-order valence-corrected chi connectivity index (χ4v) is 3.36. The summed E-state index contributed by atoms with van der Waals surface area (Å²) in [6.45, 7) is 4.72. The smallest absolute Gasteiger partial charge is 0.207 e. The van der Waals surface area contributed by atoms with Crippen LogP contribution in [0.15, 0.2) is 65.9 Å². The minimum atomic E-state index is 0.803. The Bertz CT molecular complexity index is 902. The maximum absolute atomic E-state index is 4.49. The van der Waals surface area contributed by atoms with Gasteiger partial charge in [0.05, 0.1) is 17.9 Å². The summed E-state index contributed by atoms with van der Waals surface area (Å²) in [5, 5.41) is 6.76. The summed E-state index contributed by atoms with van der Waals surface area (Å²) in [4.78, 5) is 14.5. The van der Waals surface area contributed by atoms with Crippen LogP contribution in [0.3, 0.4) is 0 Å². The second-order valence-electron chi connectivity index (χ2n) is 6.41. The fraction of sp³-hybridized carbons (Fsp3) is 0.238. The number of rotatable bonds is 6. The van der Waals surface area contributed by atoms with Crippen LogP contribution in [0.4, 0.5) is 17.3 Å². The molecule has 6 heteroatoms. The van der Waals surface area contributed by atoms with Gasteiger partial charge in [-0.1, -0.05) is 43.3 Å². The van der Waals surface area contributed by atoms with Gasteiger partial charge in [-0.2, -0.15) is 0 Å². The molecule has 0 aliphatic carbocycles. The summed E-state index contributed by atoms with van der Waals surface area (Å²) in [6.07, 6.45) is 4.67. The van der Waals surface area contributed by atoms with Gasteiger partial charge in [-0.15, -0.1) is 0 Å². The Balaban J connectivity index is 1.85. The lowest BCUT2D eigenvalue weighted by molar-refractivity contribution is 0.862. The molecule has 2 heterocycles. The molecule has 0 atom stereocenters. The predicted molar refractivity (Wildman–Crippen MR) is 112 cm³/mol. The van der Waals surface area contributed by atoms with Crippen LogP contribution in [0.25, 0.3) is 11.1 Å². The zero-order chi connectivity index (χ0) is 18.5. The van der Waals surface area contributed by atoms with Crippen molar-refractivity contribution in [1.82, 2.24) is 15.3 Å². The summed E-state index contributed by atoms with van der Waals surface area (Å²) < 4.78 is 0. The van der Waals surface area contributed by atoms with Gasteiger partial charge in [-0.3, -0.25) is 4.99 Å². The lowest BCUT2D eigenvalue weighted by Crippen LogP contribution is -2.27. The van der Waals surface area contributed by atoms with E-state index >= 15 is 0 Å². The van der Waals surface area contributed by atoms with Crippen LogP contribution in [0, 0.1) is 0 Å². The van der Waals surface area contributed by atoms with Crippen molar-refractivity contribution in [3.63, 3.8) is 0 Å². The van der Waals surface area contributed by atoms with Crippen molar-refractivity contribution in [3.05, 3.63) is 60.9 Å². The zero-order valence-corrected chi connectivity index (χ0v) is 15.4. The molecule has 1 aliphatic heterocycles. The number of aromatic nitrogens is 2. The molecule has 0 saturated heterocycles. The van der Waals surface area contributed by atoms with Crippen LogP contribution in [0.1, 0.15) is 13.3 Å². The number of nitrogens with zero attached hydrogens (tertiary/aromatic N) is 3. The van der Waals surface area contributed by atoms with Crippen molar-refractivity contribution in [1.29, 1.82) is 0 Å². The van der Waals surface area contributed by atoms with Gasteiger partial charge < -0.3 is 20.5 Å². The first kappa shape index (κ1) is 17.1. The summed E-state index contributed by atoms with van der Waals surface area (Å²) in [6, 6.07) is 16.8. The number of H-pyrrole nitrogens is 1. The number of nitrogens with one attached hydrogen (secondary N) is 3. The molecule has 6 nitrogen and oxygen atoms in total. The van der Waals surface area contributed by atoms with Crippen molar-refractivity contribution in [2.75, 3.05) is 29.9 Å².